The summed E-state index contributed by atoms with van der Waals surface area (Å²) in [5.74, 6) is 1.96. The lowest BCUT2D eigenvalue weighted by Crippen LogP contribution is -2.35. The summed E-state index contributed by atoms with van der Waals surface area (Å²) in [6, 6.07) is 18.4. The van der Waals surface area contributed by atoms with E-state index in [1.807, 2.05) is 43.5 Å². The number of hydrogen-bond acceptors (Lipinski definition) is 8. The summed E-state index contributed by atoms with van der Waals surface area (Å²) in [6.07, 6.45) is 3.70. The van der Waals surface area contributed by atoms with E-state index in [2.05, 4.69) is 46.7 Å². The molecule has 1 saturated heterocycles. The number of aryl methyl sites for hydroxylation is 2. The molecule has 0 bridgehead atoms. The van der Waals surface area contributed by atoms with Crippen LogP contribution in [0.2, 0.25) is 0 Å². The molecule has 2 aromatic carbocycles. The van der Waals surface area contributed by atoms with Crippen LogP contribution in [-0.4, -0.2) is 39.9 Å². The first-order chi connectivity index (χ1) is 20.0. The van der Waals surface area contributed by atoms with Gasteiger partial charge in [0.05, 0.1) is 35.5 Å². The Labute approximate surface area is 241 Å². The molecule has 8 nitrogen and oxygen atoms in total. The average molecular weight is 567 g/mol. The molecule has 1 aliphatic heterocycles. The van der Waals surface area contributed by atoms with Crippen LogP contribution < -0.4 is 9.47 Å². The van der Waals surface area contributed by atoms with Crippen LogP contribution in [0, 0.1) is 13.8 Å². The maximum atomic E-state index is 6.37. The molecule has 0 unspecified atom stereocenters. The number of fused-ring (bicyclic) bond motifs is 2. The summed E-state index contributed by atoms with van der Waals surface area (Å²) in [4.78, 5) is 9.78. The van der Waals surface area contributed by atoms with Gasteiger partial charge in [0.15, 0.2) is 11.4 Å². The Hall–Kier alpha value is -4.21. The van der Waals surface area contributed by atoms with E-state index in [9.17, 15) is 0 Å². The van der Waals surface area contributed by atoms with Gasteiger partial charge in [-0.15, -0.1) is 11.3 Å². The minimum Gasteiger partial charge on any atom is -0.496 e. The molecule has 0 spiro atoms. The normalized spacial score (nSPS) is 15.0. The Bertz CT molecular complexity index is 1850. The van der Waals surface area contributed by atoms with Crippen molar-refractivity contribution in [2.45, 2.75) is 38.7 Å². The Balaban J connectivity index is 1.18. The van der Waals surface area contributed by atoms with E-state index in [0.717, 1.165) is 53.5 Å². The van der Waals surface area contributed by atoms with E-state index >= 15 is 0 Å². The quantitative estimate of drug-likeness (QED) is 0.208. The van der Waals surface area contributed by atoms with Crippen LogP contribution in [0.4, 0.5) is 0 Å². The van der Waals surface area contributed by atoms with Crippen molar-refractivity contribution in [1.82, 2.24) is 19.6 Å². The largest absolute Gasteiger partial charge is 0.496 e. The van der Waals surface area contributed by atoms with Crippen molar-refractivity contribution in [1.29, 1.82) is 0 Å². The van der Waals surface area contributed by atoms with Gasteiger partial charge in [-0.1, -0.05) is 29.8 Å². The molecule has 0 radical (unpaired) electrons. The Morgan fingerprint density at radius 3 is 2.63 bits per heavy atom. The molecule has 7 rings (SSSR count). The molecule has 208 valence electrons. The van der Waals surface area contributed by atoms with E-state index in [4.69, 9.17) is 23.6 Å². The molecule has 0 aliphatic carbocycles. The van der Waals surface area contributed by atoms with Crippen LogP contribution >= 0.6 is 11.3 Å². The van der Waals surface area contributed by atoms with Gasteiger partial charge in [0.2, 0.25) is 0 Å². The summed E-state index contributed by atoms with van der Waals surface area (Å²) in [5.41, 5.74) is 6.34. The second kappa shape index (κ2) is 10.3. The highest BCUT2D eigenvalue weighted by atomic mass is 32.1. The minimum absolute atomic E-state index is 0.140. The first kappa shape index (κ1) is 25.7. The summed E-state index contributed by atoms with van der Waals surface area (Å²) in [6.45, 7) is 5.86. The molecule has 5 heterocycles. The van der Waals surface area contributed by atoms with Crippen LogP contribution in [0.25, 0.3) is 28.1 Å². The fourth-order valence-corrected chi connectivity index (χ4v) is 6.59. The molecule has 9 heteroatoms. The van der Waals surface area contributed by atoms with Crippen molar-refractivity contribution in [3.63, 3.8) is 0 Å². The number of ether oxygens (including phenoxy) is 3. The molecule has 0 atom stereocenters. The van der Waals surface area contributed by atoms with Crippen molar-refractivity contribution in [3.05, 3.63) is 93.7 Å². The highest BCUT2D eigenvalue weighted by Gasteiger charge is 2.39. The van der Waals surface area contributed by atoms with Crippen molar-refractivity contribution >= 4 is 28.0 Å². The highest BCUT2D eigenvalue weighted by molar-refractivity contribution is 7.09. The maximum Gasteiger partial charge on any atom is 0.155 e. The third-order valence-corrected chi connectivity index (χ3v) is 8.90. The molecular weight excluding hydrogens is 536 g/mol. The molecule has 1 fully saturated rings. The van der Waals surface area contributed by atoms with Gasteiger partial charge in [-0.2, -0.15) is 5.10 Å². The summed E-state index contributed by atoms with van der Waals surface area (Å²) in [5, 5.41) is 8.56. The van der Waals surface area contributed by atoms with E-state index in [-0.39, 0.29) is 5.41 Å². The van der Waals surface area contributed by atoms with Crippen LogP contribution in [0.3, 0.4) is 0 Å². The molecular formula is C32H30N4O4S. The van der Waals surface area contributed by atoms with Crippen LogP contribution in [0.5, 0.6) is 11.5 Å². The van der Waals surface area contributed by atoms with Crippen molar-refractivity contribution in [3.8, 4) is 23.0 Å². The maximum absolute atomic E-state index is 6.37. The number of aromatic nitrogens is 4. The predicted octanol–water partition coefficient (Wildman–Crippen LogP) is 6.90. The zero-order chi connectivity index (χ0) is 28.0. The van der Waals surface area contributed by atoms with E-state index < -0.39 is 0 Å². The minimum atomic E-state index is -0.140. The summed E-state index contributed by atoms with van der Waals surface area (Å²) < 4.78 is 25.6. The smallest absolute Gasteiger partial charge is 0.155 e. The molecule has 1 aliphatic rings. The van der Waals surface area contributed by atoms with Gasteiger partial charge >= 0.3 is 0 Å². The number of rotatable bonds is 7. The Kier molecular flexibility index (Phi) is 6.48. The number of nitrogens with zero attached hydrogens (tertiary/aromatic N) is 4. The molecule has 41 heavy (non-hydrogen) atoms. The van der Waals surface area contributed by atoms with Crippen LogP contribution in [0.15, 0.2) is 70.6 Å². The van der Waals surface area contributed by atoms with Gasteiger partial charge in [0, 0.05) is 30.7 Å². The standard InChI is InChI=1S/C32H30N4O4S/c1-20-4-7-22(8-5-20)32(10-12-38-13-11-32)31-33-23(19-41-31)18-39-27-14-24(37-3)15-28-25(27)16-29(40-28)26-17-36-30(34-26)9-6-21(2)35-36/h4-9,14-17,19H,10-13,18H2,1-3H3. The second-order valence-corrected chi connectivity index (χ2v) is 11.4. The summed E-state index contributed by atoms with van der Waals surface area (Å²) >= 11 is 1.70. The lowest BCUT2D eigenvalue weighted by atomic mass is 9.74. The first-order valence-electron chi connectivity index (χ1n) is 13.7. The zero-order valence-electron chi connectivity index (χ0n) is 23.2. The van der Waals surface area contributed by atoms with Crippen LogP contribution in [-0.2, 0) is 16.8 Å². The molecule has 6 aromatic rings. The highest BCUT2D eigenvalue weighted by Crippen LogP contribution is 2.43. The number of benzene rings is 2. The van der Waals surface area contributed by atoms with Crippen LogP contribution in [0.1, 0.15) is 40.4 Å². The predicted molar refractivity (Wildman–Crippen MR) is 158 cm³/mol. The van der Waals surface area contributed by atoms with Crippen molar-refractivity contribution < 1.29 is 18.6 Å². The molecule has 0 N–H and O–H groups in total. The lowest BCUT2D eigenvalue weighted by Gasteiger charge is -2.36. The van der Waals surface area contributed by atoms with E-state index in [1.54, 1.807) is 23.0 Å². The summed E-state index contributed by atoms with van der Waals surface area (Å²) in [7, 11) is 1.63. The molecule has 0 amide bonds. The second-order valence-electron chi connectivity index (χ2n) is 10.5. The monoisotopic (exact) mass is 566 g/mol. The third kappa shape index (κ3) is 4.75. The zero-order valence-corrected chi connectivity index (χ0v) is 24.0. The third-order valence-electron chi connectivity index (χ3n) is 7.80. The topological polar surface area (TPSA) is 83.9 Å². The SMILES string of the molecule is COc1cc(OCc2csc(C3(c4ccc(C)cc4)CCOCC3)n2)c2cc(-c3cn4nc(C)ccc4n3)oc2c1. The van der Waals surface area contributed by atoms with Gasteiger partial charge in [-0.25, -0.2) is 14.5 Å². The number of methoxy groups -OCH3 is 1. The van der Waals surface area contributed by atoms with Crippen molar-refractivity contribution in [2.75, 3.05) is 20.3 Å². The number of thiazole rings is 1. The first-order valence-corrected chi connectivity index (χ1v) is 14.6. The molecule has 0 saturated carbocycles. The number of imidazole rings is 1. The molecule has 4 aromatic heterocycles. The van der Waals surface area contributed by atoms with Gasteiger partial charge in [-0.3, -0.25) is 0 Å². The Morgan fingerprint density at radius 2 is 1.83 bits per heavy atom. The van der Waals surface area contributed by atoms with E-state index in [0.29, 0.717) is 35.1 Å². The average Bonchev–Trinajstić information content (AvgIpc) is 3.74. The fraction of sp³-hybridized carbons (Fsp3) is 0.281. The van der Waals surface area contributed by atoms with Gasteiger partial charge < -0.3 is 18.6 Å². The fourth-order valence-electron chi connectivity index (χ4n) is 5.51. The van der Waals surface area contributed by atoms with Gasteiger partial charge in [0.1, 0.15) is 34.4 Å². The van der Waals surface area contributed by atoms with Gasteiger partial charge in [0.25, 0.3) is 0 Å². The van der Waals surface area contributed by atoms with E-state index in [1.165, 1.54) is 11.1 Å². The number of hydrogen-bond donors (Lipinski definition) is 0. The Morgan fingerprint density at radius 1 is 1.00 bits per heavy atom. The van der Waals surface area contributed by atoms with Gasteiger partial charge in [-0.05, 0) is 50.5 Å². The van der Waals surface area contributed by atoms with Crippen molar-refractivity contribution in [2.24, 2.45) is 0 Å². The number of furan rings is 1. The lowest BCUT2D eigenvalue weighted by molar-refractivity contribution is 0.0629.